The first-order valence-electron chi connectivity index (χ1n) is 15.0. The van der Waals surface area contributed by atoms with E-state index in [1.165, 1.54) is 55.7 Å². The minimum Gasteiger partial charge on any atom is -0.543 e. The van der Waals surface area contributed by atoms with Gasteiger partial charge in [0, 0.05) is 0 Å². The van der Waals surface area contributed by atoms with Gasteiger partial charge in [-0.05, 0) is 133 Å². The van der Waals surface area contributed by atoms with Gasteiger partial charge in [0.2, 0.25) is 8.32 Å². The first-order valence-corrected chi connectivity index (χ1v) is 17.9. The van der Waals surface area contributed by atoms with Gasteiger partial charge in [0.05, 0.1) is 12.2 Å². The molecule has 6 rings (SSSR count). The van der Waals surface area contributed by atoms with Gasteiger partial charge >= 0.3 is 6.18 Å². The second-order valence-electron chi connectivity index (χ2n) is 14.4. The molecule has 6 heteroatoms. The average Bonchev–Trinajstić information content (AvgIpc) is 2.84. The lowest BCUT2D eigenvalue weighted by molar-refractivity contribution is -0.137. The lowest BCUT2D eigenvalue weighted by atomic mass is 9.48. The molecule has 2 nitrogen and oxygen atoms in total. The number of aliphatic hydroxyl groups is 1. The minimum absolute atomic E-state index is 0.0888. The van der Waals surface area contributed by atoms with E-state index in [1.807, 2.05) is 6.08 Å². The maximum Gasteiger partial charge on any atom is 0.416 e. The molecular formula is C34H45F3O2Si. The summed E-state index contributed by atoms with van der Waals surface area (Å²) >= 11 is 0. The minimum atomic E-state index is -4.41. The zero-order valence-corrected chi connectivity index (χ0v) is 25.7. The van der Waals surface area contributed by atoms with Gasteiger partial charge in [0.15, 0.2) is 0 Å². The molecule has 1 N–H and O–H groups in total. The van der Waals surface area contributed by atoms with Crippen molar-refractivity contribution >= 4 is 13.9 Å². The average molecular weight is 571 g/mol. The fourth-order valence-electron chi connectivity index (χ4n) is 7.70. The number of aliphatic hydroxyl groups excluding tert-OH is 1. The summed E-state index contributed by atoms with van der Waals surface area (Å²) in [5, 5.41) is 10.0. The summed E-state index contributed by atoms with van der Waals surface area (Å²) in [7, 11) is -2.07. The van der Waals surface area contributed by atoms with Crippen LogP contribution in [0, 0.1) is 17.8 Å². The van der Waals surface area contributed by atoms with Crippen LogP contribution < -0.4 is 4.43 Å². The van der Waals surface area contributed by atoms with Gasteiger partial charge in [-0.1, -0.05) is 51.1 Å². The molecular weight excluding hydrogens is 525 g/mol. The molecule has 40 heavy (non-hydrogen) atoms. The summed E-state index contributed by atoms with van der Waals surface area (Å²) in [6.07, 6.45) is 6.89. The predicted octanol–water partition coefficient (Wildman–Crippen LogP) is 9.57. The standard InChI is InChI=1S/C34H45F3O2Si/c1-32(2,3)40(4,5)39-31-17-23(8-6-10-28(22-38)27-9-7-11-29(18-27)34(35,36)37)12-13-30(31)33-19-24-14-25(20-33)16-26(15-24)21-33/h7,9-13,17-18,24-26,38H,6,8,14-16,19-22H2,1-5H3/b28-10+. The van der Waals surface area contributed by atoms with Gasteiger partial charge in [-0.3, -0.25) is 0 Å². The summed E-state index contributed by atoms with van der Waals surface area (Å²) < 4.78 is 46.7. The lowest BCUT2D eigenvalue weighted by Gasteiger charge is -2.57. The van der Waals surface area contributed by atoms with Crippen molar-refractivity contribution in [3.63, 3.8) is 0 Å². The molecule has 4 fully saturated rings. The molecule has 0 saturated heterocycles. The quantitative estimate of drug-likeness (QED) is 0.320. The van der Waals surface area contributed by atoms with Gasteiger partial charge in [-0.25, -0.2) is 0 Å². The third kappa shape index (κ3) is 5.94. The van der Waals surface area contributed by atoms with Gasteiger partial charge < -0.3 is 9.53 Å². The summed E-state index contributed by atoms with van der Waals surface area (Å²) in [6.45, 7) is 11.2. The van der Waals surface area contributed by atoms with Crippen LogP contribution in [0.5, 0.6) is 5.75 Å². The Hall–Kier alpha value is -2.05. The van der Waals surface area contributed by atoms with Crippen molar-refractivity contribution in [1.29, 1.82) is 0 Å². The third-order valence-electron chi connectivity index (χ3n) is 10.4. The molecule has 2 aromatic rings. The van der Waals surface area contributed by atoms with E-state index in [1.54, 1.807) is 6.07 Å². The van der Waals surface area contributed by atoms with Crippen LogP contribution in [0.2, 0.25) is 18.1 Å². The van der Waals surface area contributed by atoms with E-state index >= 15 is 0 Å². The lowest BCUT2D eigenvalue weighted by Crippen LogP contribution is -2.49. The summed E-state index contributed by atoms with van der Waals surface area (Å²) in [6, 6.07) is 12.0. The number of hydrogen-bond acceptors (Lipinski definition) is 2. The number of alkyl halides is 3. The van der Waals surface area contributed by atoms with Gasteiger partial charge in [0.25, 0.3) is 0 Å². The molecule has 0 aromatic heterocycles. The van der Waals surface area contributed by atoms with Crippen LogP contribution in [0.4, 0.5) is 13.2 Å². The summed E-state index contributed by atoms with van der Waals surface area (Å²) in [5.74, 6) is 3.62. The van der Waals surface area contributed by atoms with Crippen LogP contribution >= 0.6 is 0 Å². The van der Waals surface area contributed by atoms with Gasteiger partial charge in [0.1, 0.15) is 5.75 Å². The molecule has 4 bridgehead atoms. The van der Waals surface area contributed by atoms with E-state index in [0.717, 1.165) is 42.1 Å². The highest BCUT2D eigenvalue weighted by Gasteiger charge is 2.53. The van der Waals surface area contributed by atoms with Crippen molar-refractivity contribution in [2.45, 2.75) is 102 Å². The Morgan fingerprint density at radius 1 is 0.975 bits per heavy atom. The van der Waals surface area contributed by atoms with Gasteiger partial charge in [-0.15, -0.1) is 0 Å². The third-order valence-corrected chi connectivity index (χ3v) is 14.7. The number of benzene rings is 2. The Balaban J connectivity index is 1.41. The number of rotatable bonds is 8. The smallest absolute Gasteiger partial charge is 0.416 e. The van der Waals surface area contributed by atoms with E-state index in [4.69, 9.17) is 4.43 Å². The second-order valence-corrected chi connectivity index (χ2v) is 19.1. The predicted molar refractivity (Wildman–Crippen MR) is 159 cm³/mol. The van der Waals surface area contributed by atoms with Crippen LogP contribution in [0.1, 0.15) is 88.0 Å². The van der Waals surface area contributed by atoms with Crippen LogP contribution in [-0.4, -0.2) is 20.0 Å². The molecule has 0 atom stereocenters. The number of halogens is 3. The van der Waals surface area contributed by atoms with E-state index in [2.05, 4.69) is 52.1 Å². The van der Waals surface area contributed by atoms with E-state index in [9.17, 15) is 18.3 Å². The first-order chi connectivity index (χ1) is 18.7. The number of aryl methyl sites for hydroxylation is 1. The molecule has 0 spiro atoms. The highest BCUT2D eigenvalue weighted by atomic mass is 28.4. The van der Waals surface area contributed by atoms with E-state index in [0.29, 0.717) is 17.6 Å². The van der Waals surface area contributed by atoms with E-state index in [-0.39, 0.29) is 17.1 Å². The zero-order valence-electron chi connectivity index (χ0n) is 24.7. The van der Waals surface area contributed by atoms with Crippen molar-refractivity contribution in [2.24, 2.45) is 17.8 Å². The molecule has 0 amide bonds. The van der Waals surface area contributed by atoms with Crippen LogP contribution in [0.3, 0.4) is 0 Å². The zero-order chi connectivity index (χ0) is 28.9. The fourth-order valence-corrected chi connectivity index (χ4v) is 8.72. The van der Waals surface area contributed by atoms with Crippen molar-refractivity contribution in [1.82, 2.24) is 0 Å². The normalized spacial score (nSPS) is 26.8. The Bertz CT molecular complexity index is 1220. The SMILES string of the molecule is CC(C)(C)[Si](C)(C)Oc1cc(CC/C=C(\CO)c2cccc(C(F)(F)F)c2)ccc1C12CC3CC(CC(C3)C1)C2. The molecule has 0 aliphatic heterocycles. The molecule has 2 aromatic carbocycles. The van der Waals surface area contributed by atoms with Crippen LogP contribution in [0.25, 0.3) is 5.57 Å². The summed E-state index contributed by atoms with van der Waals surface area (Å²) in [5.41, 5.74) is 3.05. The Kier molecular flexibility index (Phi) is 7.84. The molecule has 4 saturated carbocycles. The highest BCUT2D eigenvalue weighted by Crippen LogP contribution is 2.62. The topological polar surface area (TPSA) is 29.5 Å². The molecule has 0 radical (unpaired) electrons. The maximum absolute atomic E-state index is 13.2. The van der Waals surface area contributed by atoms with Crippen molar-refractivity contribution < 1.29 is 22.7 Å². The van der Waals surface area contributed by atoms with Crippen LogP contribution in [0.15, 0.2) is 48.5 Å². The number of allylic oxidation sites excluding steroid dienone is 1. The van der Waals surface area contributed by atoms with Crippen molar-refractivity contribution in [2.75, 3.05) is 6.61 Å². The van der Waals surface area contributed by atoms with Crippen molar-refractivity contribution in [3.8, 4) is 5.75 Å². The number of hydrogen-bond donors (Lipinski definition) is 1. The monoisotopic (exact) mass is 570 g/mol. The molecule has 0 unspecified atom stereocenters. The van der Waals surface area contributed by atoms with Crippen molar-refractivity contribution in [3.05, 3.63) is 70.8 Å². The van der Waals surface area contributed by atoms with E-state index < -0.39 is 20.1 Å². The molecule has 218 valence electrons. The fraction of sp³-hybridized carbons (Fsp3) is 0.588. The Morgan fingerprint density at radius 3 is 2.15 bits per heavy atom. The molecule has 4 aliphatic carbocycles. The highest BCUT2D eigenvalue weighted by molar-refractivity contribution is 6.74. The molecule has 4 aliphatic rings. The second kappa shape index (κ2) is 10.7. The largest absolute Gasteiger partial charge is 0.543 e. The maximum atomic E-state index is 13.2. The van der Waals surface area contributed by atoms with Crippen LogP contribution in [-0.2, 0) is 18.0 Å². The molecule has 0 heterocycles. The van der Waals surface area contributed by atoms with Gasteiger partial charge in [-0.2, -0.15) is 13.2 Å². The first kappa shape index (κ1) is 29.4. The Morgan fingerprint density at radius 2 is 1.60 bits per heavy atom. The summed E-state index contributed by atoms with van der Waals surface area (Å²) in [4.78, 5) is 0. The Labute approximate surface area is 239 Å².